The molecule has 0 saturated carbocycles. The third-order valence-electron chi connectivity index (χ3n) is 6.95. The number of nitrogens with zero attached hydrogens (tertiary/aromatic N) is 2. The van der Waals surface area contributed by atoms with Gasteiger partial charge in [-0.25, -0.2) is 9.18 Å². The van der Waals surface area contributed by atoms with Crippen LogP contribution in [-0.4, -0.2) is 57.6 Å². The molecule has 1 saturated heterocycles. The van der Waals surface area contributed by atoms with Crippen molar-refractivity contribution < 1.29 is 23.8 Å². The number of allylic oxidation sites excluding steroid dienone is 2. The number of rotatable bonds is 5. The van der Waals surface area contributed by atoms with Crippen molar-refractivity contribution in [2.24, 2.45) is 5.73 Å². The zero-order valence-electron chi connectivity index (χ0n) is 18.7. The summed E-state index contributed by atoms with van der Waals surface area (Å²) in [5.41, 5.74) is 7.37. The van der Waals surface area contributed by atoms with E-state index in [1.807, 2.05) is 6.08 Å². The first-order valence-electron chi connectivity index (χ1n) is 11.1. The largest absolute Gasteiger partial charge is 0.512 e. The van der Waals surface area contributed by atoms with Gasteiger partial charge in [-0.3, -0.25) is 14.6 Å². The molecule has 2 aromatic rings. The highest BCUT2D eigenvalue weighted by Crippen LogP contribution is 2.50. The second kappa shape index (κ2) is 7.62. The highest BCUT2D eigenvalue weighted by atomic mass is 19.1. The van der Waals surface area contributed by atoms with Gasteiger partial charge in [0, 0.05) is 42.0 Å². The summed E-state index contributed by atoms with van der Waals surface area (Å²) in [6.45, 7) is 2.40. The molecule has 33 heavy (non-hydrogen) atoms. The number of aromatic amines is 1. The Balaban J connectivity index is 1.73. The fraction of sp³-hybridized carbons (Fsp3) is 0.417. The maximum atomic E-state index is 14.5. The van der Waals surface area contributed by atoms with Gasteiger partial charge in [-0.15, -0.1) is 0 Å². The molecule has 5 rings (SSSR count). The molecule has 9 heteroatoms. The van der Waals surface area contributed by atoms with E-state index in [0.29, 0.717) is 37.0 Å². The van der Waals surface area contributed by atoms with E-state index in [1.165, 1.54) is 18.1 Å². The molecule has 3 amide bonds. The Morgan fingerprint density at radius 3 is 2.85 bits per heavy atom. The summed E-state index contributed by atoms with van der Waals surface area (Å²) < 4.78 is 19.6. The van der Waals surface area contributed by atoms with E-state index in [4.69, 9.17) is 10.5 Å². The Hall–Kier alpha value is -3.33. The fourth-order valence-electron chi connectivity index (χ4n) is 5.37. The van der Waals surface area contributed by atoms with Gasteiger partial charge < -0.3 is 20.6 Å². The van der Waals surface area contributed by atoms with Crippen LogP contribution in [0.15, 0.2) is 35.6 Å². The van der Waals surface area contributed by atoms with Crippen molar-refractivity contribution in [2.75, 3.05) is 20.2 Å². The van der Waals surface area contributed by atoms with Gasteiger partial charge in [-0.2, -0.15) is 0 Å². The first-order valence-corrected chi connectivity index (χ1v) is 11.1. The lowest BCUT2D eigenvalue weighted by Crippen LogP contribution is -2.53. The van der Waals surface area contributed by atoms with Gasteiger partial charge in [0.15, 0.2) is 11.6 Å². The van der Waals surface area contributed by atoms with Crippen LogP contribution < -0.4 is 10.5 Å². The number of ether oxygens (including phenoxy) is 1. The lowest BCUT2D eigenvalue weighted by Gasteiger charge is -2.43. The topological polar surface area (TPSA) is 112 Å². The van der Waals surface area contributed by atoms with E-state index < -0.39 is 17.4 Å². The van der Waals surface area contributed by atoms with Crippen LogP contribution in [0.1, 0.15) is 43.5 Å². The highest BCUT2D eigenvalue weighted by Gasteiger charge is 2.60. The first kappa shape index (κ1) is 21.5. The quantitative estimate of drug-likeness (QED) is 0.599. The summed E-state index contributed by atoms with van der Waals surface area (Å²) in [5, 5.41) is 11.0. The van der Waals surface area contributed by atoms with Gasteiger partial charge in [0.2, 0.25) is 0 Å². The number of H-pyrrole nitrogens is 1. The first-order chi connectivity index (χ1) is 15.8. The molecule has 0 bridgehead atoms. The Morgan fingerprint density at radius 1 is 1.36 bits per heavy atom. The molecule has 3 heterocycles. The lowest BCUT2D eigenvalue weighted by molar-refractivity contribution is -0.133. The molecule has 0 unspecified atom stereocenters. The van der Waals surface area contributed by atoms with Crippen molar-refractivity contribution in [2.45, 2.75) is 44.2 Å². The van der Waals surface area contributed by atoms with Crippen molar-refractivity contribution in [1.82, 2.24) is 14.8 Å². The van der Waals surface area contributed by atoms with E-state index in [-0.39, 0.29) is 36.4 Å². The standard InChI is InChI=1S/C24H27FN4O4/c1-24-12-16-15-10-19(33-2)17(25)11-18(15)27-20(16)21(13-5-3-6-14(30)9-13)29(24)23(32)28(22(24)31)8-4-7-26/h5,9-11,21,27,30H,3-4,6-8,12,26H2,1-2H3/t21-,24+/m1/s1. The van der Waals surface area contributed by atoms with Crippen LogP contribution in [-0.2, 0) is 11.2 Å². The molecular weight excluding hydrogens is 427 g/mol. The highest BCUT2D eigenvalue weighted by molar-refractivity contribution is 6.08. The van der Waals surface area contributed by atoms with Crippen molar-refractivity contribution in [3.63, 3.8) is 0 Å². The number of hydrogen-bond acceptors (Lipinski definition) is 5. The number of aromatic nitrogens is 1. The number of methoxy groups -OCH3 is 1. The maximum Gasteiger partial charge on any atom is 0.328 e. The Morgan fingerprint density at radius 2 is 2.15 bits per heavy atom. The summed E-state index contributed by atoms with van der Waals surface area (Å²) >= 11 is 0. The Bertz CT molecular complexity index is 1230. The smallest absolute Gasteiger partial charge is 0.328 e. The van der Waals surface area contributed by atoms with E-state index in [2.05, 4.69) is 4.98 Å². The summed E-state index contributed by atoms with van der Waals surface area (Å²) in [7, 11) is 1.41. The number of nitrogens with two attached hydrogens (primary N) is 1. The molecule has 3 aliphatic rings. The second-order valence-electron chi connectivity index (χ2n) is 9.03. The summed E-state index contributed by atoms with van der Waals surface area (Å²) in [4.78, 5) is 33.3. The third-order valence-corrected chi connectivity index (χ3v) is 6.95. The number of amides is 3. The predicted octanol–water partition coefficient (Wildman–Crippen LogP) is 3.45. The minimum atomic E-state index is -1.12. The predicted molar refractivity (Wildman–Crippen MR) is 120 cm³/mol. The number of nitrogens with one attached hydrogen (secondary N) is 1. The number of aliphatic hydroxyl groups excluding tert-OH is 1. The number of carbonyl (C=O) groups is 2. The number of urea groups is 1. The SMILES string of the molecule is COc1cc2c3c([nH]c2cc1F)[C@@H](C1=CCCC(O)=C1)N1C(=O)N(CCCN)C(=O)[C@]1(C)C3. The van der Waals surface area contributed by atoms with Crippen LogP contribution in [0.4, 0.5) is 9.18 Å². The molecule has 0 spiro atoms. The number of aliphatic hydroxyl groups is 1. The van der Waals surface area contributed by atoms with Gasteiger partial charge in [0.1, 0.15) is 11.6 Å². The van der Waals surface area contributed by atoms with Crippen molar-refractivity contribution >= 4 is 22.8 Å². The number of imide groups is 1. The molecule has 2 aliphatic heterocycles. The van der Waals surface area contributed by atoms with E-state index in [9.17, 15) is 19.1 Å². The summed E-state index contributed by atoms with van der Waals surface area (Å²) in [6, 6.07) is 2.00. The lowest BCUT2D eigenvalue weighted by atomic mass is 9.80. The van der Waals surface area contributed by atoms with Crippen LogP contribution in [0.5, 0.6) is 5.75 Å². The maximum absolute atomic E-state index is 14.5. The normalized spacial score (nSPS) is 24.7. The fourth-order valence-corrected chi connectivity index (χ4v) is 5.37. The van der Waals surface area contributed by atoms with Gasteiger partial charge in [0.05, 0.1) is 12.9 Å². The van der Waals surface area contributed by atoms with E-state index in [0.717, 1.165) is 16.5 Å². The Kier molecular flexibility index (Phi) is 4.97. The number of fused-ring (bicyclic) bond motifs is 4. The van der Waals surface area contributed by atoms with Crippen LogP contribution in [0.2, 0.25) is 0 Å². The van der Waals surface area contributed by atoms with Crippen LogP contribution in [0.25, 0.3) is 10.9 Å². The van der Waals surface area contributed by atoms with Gasteiger partial charge in [0.25, 0.3) is 5.91 Å². The summed E-state index contributed by atoms with van der Waals surface area (Å²) in [6.07, 6.45) is 5.57. The molecule has 174 valence electrons. The molecule has 1 fully saturated rings. The average Bonchev–Trinajstić information content (AvgIpc) is 3.21. The van der Waals surface area contributed by atoms with Crippen molar-refractivity contribution in [1.29, 1.82) is 0 Å². The third kappa shape index (κ3) is 3.06. The minimum absolute atomic E-state index is 0.112. The second-order valence-corrected chi connectivity index (χ2v) is 9.03. The minimum Gasteiger partial charge on any atom is -0.512 e. The van der Waals surface area contributed by atoms with Crippen LogP contribution in [0, 0.1) is 5.82 Å². The van der Waals surface area contributed by atoms with Gasteiger partial charge >= 0.3 is 6.03 Å². The molecule has 2 atom stereocenters. The molecule has 4 N–H and O–H groups in total. The zero-order valence-corrected chi connectivity index (χ0v) is 18.7. The van der Waals surface area contributed by atoms with Crippen molar-refractivity contribution in [3.05, 3.63) is 52.7 Å². The zero-order chi connectivity index (χ0) is 23.5. The van der Waals surface area contributed by atoms with E-state index in [1.54, 1.807) is 24.0 Å². The van der Waals surface area contributed by atoms with Crippen LogP contribution >= 0.6 is 0 Å². The molecular formula is C24H27FN4O4. The average molecular weight is 455 g/mol. The molecule has 0 radical (unpaired) electrons. The van der Waals surface area contributed by atoms with Gasteiger partial charge in [-0.1, -0.05) is 6.08 Å². The number of hydrogen-bond donors (Lipinski definition) is 3. The Labute approximate surface area is 190 Å². The number of carbonyl (C=O) groups excluding carboxylic acids is 2. The number of halogens is 1. The van der Waals surface area contributed by atoms with Crippen molar-refractivity contribution in [3.8, 4) is 5.75 Å². The van der Waals surface area contributed by atoms with E-state index >= 15 is 0 Å². The monoisotopic (exact) mass is 454 g/mol. The molecule has 1 aromatic carbocycles. The molecule has 1 aliphatic carbocycles. The molecule has 1 aromatic heterocycles. The molecule has 8 nitrogen and oxygen atoms in total. The van der Waals surface area contributed by atoms with Gasteiger partial charge in [-0.05, 0) is 49.6 Å². The summed E-state index contributed by atoms with van der Waals surface area (Å²) in [5.74, 6) is -0.435. The van der Waals surface area contributed by atoms with Crippen LogP contribution in [0.3, 0.4) is 0 Å². The number of benzene rings is 1.